The zero-order valence-electron chi connectivity index (χ0n) is 24.4. The molecule has 1 atom stereocenters. The molecule has 8 nitrogen and oxygen atoms in total. The fraction of sp³-hybridized carbons (Fsp3) is 0.516. The van der Waals surface area contributed by atoms with Crippen molar-refractivity contribution < 1.29 is 29.0 Å². The van der Waals surface area contributed by atoms with Crippen molar-refractivity contribution in [1.29, 1.82) is 0 Å². The maximum atomic E-state index is 12.1. The number of Topliss-reactive ketones (excluding diaryl/α,β-unsaturated/α-hetero) is 1. The van der Waals surface area contributed by atoms with Gasteiger partial charge in [0.2, 0.25) is 5.78 Å². The number of likely N-dealkylation sites (tertiary alicyclic amines) is 1. The lowest BCUT2D eigenvalue weighted by Crippen LogP contribution is -2.50. The molecular formula is C31H46N2O6. The Kier molecular flexibility index (Phi) is 14.9. The Morgan fingerprint density at radius 1 is 1.03 bits per heavy atom. The molecule has 3 rings (SSSR count). The number of aryl methyl sites for hydroxylation is 2. The average molecular weight is 543 g/mol. The molecule has 1 saturated heterocycles. The van der Waals surface area contributed by atoms with Crippen LogP contribution in [0.3, 0.4) is 0 Å². The van der Waals surface area contributed by atoms with Crippen LogP contribution in [0, 0.1) is 5.41 Å². The van der Waals surface area contributed by atoms with E-state index in [0.29, 0.717) is 19.4 Å². The minimum Gasteiger partial charge on any atom is -0.493 e. The van der Waals surface area contributed by atoms with Crippen molar-refractivity contribution in [3.63, 3.8) is 0 Å². The van der Waals surface area contributed by atoms with E-state index < -0.39 is 17.4 Å². The highest BCUT2D eigenvalue weighted by molar-refractivity contribution is 6.38. The fourth-order valence-corrected chi connectivity index (χ4v) is 4.21. The van der Waals surface area contributed by atoms with Gasteiger partial charge < -0.3 is 30.0 Å². The molecule has 2 aromatic carbocycles. The number of anilines is 1. The first-order chi connectivity index (χ1) is 18.7. The molecule has 1 amide bonds. The minimum atomic E-state index is -0.637. The molecule has 216 valence electrons. The van der Waals surface area contributed by atoms with Gasteiger partial charge in [0.15, 0.2) is 11.5 Å². The van der Waals surface area contributed by atoms with Gasteiger partial charge in [-0.2, -0.15) is 0 Å². The van der Waals surface area contributed by atoms with Crippen molar-refractivity contribution in [3.8, 4) is 11.5 Å². The number of nitrogens with two attached hydrogens (primary N) is 1. The number of aliphatic hydroxyl groups excluding tert-OH is 1. The predicted octanol–water partition coefficient (Wildman–Crippen LogP) is 4.64. The number of benzene rings is 2. The van der Waals surface area contributed by atoms with Gasteiger partial charge >= 0.3 is 0 Å². The topological polar surface area (TPSA) is 119 Å². The van der Waals surface area contributed by atoms with E-state index in [-0.39, 0.29) is 5.78 Å². The van der Waals surface area contributed by atoms with Gasteiger partial charge in [0.05, 0.1) is 20.3 Å². The van der Waals surface area contributed by atoms with Crippen LogP contribution in [0.4, 0.5) is 5.69 Å². The number of amides is 1. The zero-order valence-corrected chi connectivity index (χ0v) is 24.4. The normalized spacial score (nSPS) is 14.6. The quantitative estimate of drug-likeness (QED) is 0.255. The predicted molar refractivity (Wildman–Crippen MR) is 155 cm³/mol. The molecule has 1 aliphatic rings. The van der Waals surface area contributed by atoms with E-state index >= 15 is 0 Å². The van der Waals surface area contributed by atoms with E-state index in [1.807, 2.05) is 37.3 Å². The molecule has 1 heterocycles. The van der Waals surface area contributed by atoms with Crippen molar-refractivity contribution in [3.05, 3.63) is 53.6 Å². The minimum absolute atomic E-state index is 0.381. The Hall–Kier alpha value is -3.39. The monoisotopic (exact) mass is 542 g/mol. The molecular weight excluding hydrogens is 496 g/mol. The largest absolute Gasteiger partial charge is 0.493 e. The Bertz CT molecular complexity index is 1050. The number of carbonyl (C=O) groups is 3. The van der Waals surface area contributed by atoms with E-state index in [4.69, 9.17) is 20.3 Å². The summed E-state index contributed by atoms with van der Waals surface area (Å²) in [6.07, 6.45) is 7.01. The molecule has 2 aromatic rings. The highest BCUT2D eigenvalue weighted by Gasteiger charge is 2.37. The van der Waals surface area contributed by atoms with Crippen molar-refractivity contribution in [2.75, 3.05) is 33.6 Å². The number of aldehydes is 1. The van der Waals surface area contributed by atoms with E-state index in [9.17, 15) is 14.4 Å². The Balaban J connectivity index is 0.000000371. The van der Waals surface area contributed by atoms with Crippen molar-refractivity contribution in [2.45, 2.75) is 71.8 Å². The summed E-state index contributed by atoms with van der Waals surface area (Å²) in [6.45, 7) is 5.95. The smallest absolute Gasteiger partial charge is 0.291 e. The Morgan fingerprint density at radius 2 is 1.67 bits per heavy atom. The molecule has 0 bridgehead atoms. The first kappa shape index (κ1) is 33.6. The van der Waals surface area contributed by atoms with Crippen LogP contribution in [-0.4, -0.2) is 61.9 Å². The zero-order chi connectivity index (χ0) is 29.4. The van der Waals surface area contributed by atoms with Crippen LogP contribution in [-0.2, 0) is 27.2 Å². The van der Waals surface area contributed by atoms with E-state index in [2.05, 4.69) is 12.1 Å². The molecule has 3 N–H and O–H groups in total. The average Bonchev–Trinajstić information content (AvgIpc) is 2.97. The molecule has 1 aliphatic heterocycles. The lowest BCUT2D eigenvalue weighted by atomic mass is 9.84. The third-order valence-corrected chi connectivity index (χ3v) is 6.99. The second-order valence-corrected chi connectivity index (χ2v) is 10.1. The summed E-state index contributed by atoms with van der Waals surface area (Å²) in [7, 11) is 4.31. The van der Waals surface area contributed by atoms with Crippen LogP contribution < -0.4 is 15.2 Å². The first-order valence-electron chi connectivity index (χ1n) is 13.5. The fourth-order valence-electron chi connectivity index (χ4n) is 4.21. The first-order valence-corrected chi connectivity index (χ1v) is 13.5. The summed E-state index contributed by atoms with van der Waals surface area (Å²) >= 11 is 0. The highest BCUT2D eigenvalue weighted by Crippen LogP contribution is 2.28. The van der Waals surface area contributed by atoms with Crippen LogP contribution in [0.1, 0.15) is 64.0 Å². The number of rotatable bonds is 10. The summed E-state index contributed by atoms with van der Waals surface area (Å²) in [4.78, 5) is 36.5. The van der Waals surface area contributed by atoms with Gasteiger partial charge in [-0.1, -0.05) is 39.0 Å². The van der Waals surface area contributed by atoms with Gasteiger partial charge in [0, 0.05) is 24.8 Å². The molecule has 8 heteroatoms. The van der Waals surface area contributed by atoms with Gasteiger partial charge in [0.1, 0.15) is 6.29 Å². The molecule has 0 radical (unpaired) electrons. The summed E-state index contributed by atoms with van der Waals surface area (Å²) < 4.78 is 10.6. The second kappa shape index (κ2) is 17.2. The van der Waals surface area contributed by atoms with Crippen LogP contribution in [0.2, 0.25) is 0 Å². The molecule has 0 saturated carbocycles. The number of nitrogen functional groups attached to an aromatic ring is 1. The number of methoxy groups -OCH3 is 2. The van der Waals surface area contributed by atoms with Crippen LogP contribution in [0.5, 0.6) is 11.5 Å². The van der Waals surface area contributed by atoms with Gasteiger partial charge in [-0.25, -0.2) is 0 Å². The molecule has 0 aromatic heterocycles. The maximum absolute atomic E-state index is 12.1. The lowest BCUT2D eigenvalue weighted by Gasteiger charge is -2.33. The van der Waals surface area contributed by atoms with Crippen molar-refractivity contribution >= 4 is 23.7 Å². The number of nitrogens with zero attached hydrogens (tertiary/aromatic N) is 1. The molecule has 39 heavy (non-hydrogen) atoms. The summed E-state index contributed by atoms with van der Waals surface area (Å²) in [5.41, 5.74) is 8.51. The summed E-state index contributed by atoms with van der Waals surface area (Å²) in [6, 6.07) is 13.7. The number of aliphatic hydroxyl groups is 1. The van der Waals surface area contributed by atoms with Crippen molar-refractivity contribution in [1.82, 2.24) is 4.90 Å². The number of ether oxygens (including phenoxy) is 2. The Labute approximate surface area is 233 Å². The number of hydrogen-bond acceptors (Lipinski definition) is 7. The second-order valence-electron chi connectivity index (χ2n) is 10.1. The molecule has 1 fully saturated rings. The van der Waals surface area contributed by atoms with Crippen LogP contribution in [0.25, 0.3) is 0 Å². The third-order valence-electron chi connectivity index (χ3n) is 6.99. The number of hydrogen-bond donors (Lipinski definition) is 2. The van der Waals surface area contributed by atoms with E-state index in [1.165, 1.54) is 16.0 Å². The maximum Gasteiger partial charge on any atom is 0.291 e. The summed E-state index contributed by atoms with van der Waals surface area (Å²) in [5.74, 6) is 0.684. The molecule has 0 aliphatic carbocycles. The highest BCUT2D eigenvalue weighted by atomic mass is 16.5. The van der Waals surface area contributed by atoms with Gasteiger partial charge in [-0.15, -0.1) is 0 Å². The SMILES string of the molecule is CCC(C)(C)C(=O)C(=O)N1CCCCC1C=O.CO.COc1ccc(CCCc2cccc(N)c2)cc1OC. The summed E-state index contributed by atoms with van der Waals surface area (Å²) in [5, 5.41) is 7.00. The van der Waals surface area contributed by atoms with E-state index in [1.54, 1.807) is 28.1 Å². The number of ketones is 1. The van der Waals surface area contributed by atoms with Crippen molar-refractivity contribution in [2.24, 2.45) is 5.41 Å². The Morgan fingerprint density at radius 3 is 2.23 bits per heavy atom. The number of carbonyl (C=O) groups excluding carboxylic acids is 3. The van der Waals surface area contributed by atoms with Gasteiger partial charge in [-0.05, 0) is 80.3 Å². The standard InChI is InChI=1S/C17H21NO2.C13H21NO3.CH4O/c1-19-16-10-9-14(12-17(16)20-2)6-3-5-13-7-4-8-15(18)11-13;1-4-13(2,3)11(16)12(17)14-8-6-5-7-10(14)9-15;1-2/h4,7-12H,3,5-6,18H2,1-2H3;9-10H,4-8H2,1-3H3;2H,1H3. The molecule has 0 spiro atoms. The van der Waals surface area contributed by atoms with Crippen LogP contribution >= 0.6 is 0 Å². The van der Waals surface area contributed by atoms with Gasteiger partial charge in [-0.3, -0.25) is 9.59 Å². The lowest BCUT2D eigenvalue weighted by molar-refractivity contribution is -0.152. The van der Waals surface area contributed by atoms with Crippen LogP contribution in [0.15, 0.2) is 42.5 Å². The number of piperidine rings is 1. The van der Waals surface area contributed by atoms with E-state index in [0.717, 1.165) is 62.7 Å². The molecule has 1 unspecified atom stereocenters. The third kappa shape index (κ3) is 10.4. The van der Waals surface area contributed by atoms with Gasteiger partial charge in [0.25, 0.3) is 5.91 Å².